The van der Waals surface area contributed by atoms with Crippen LogP contribution in [0, 0.1) is 0 Å². The molecule has 8 heteroatoms. The van der Waals surface area contributed by atoms with Crippen LogP contribution >= 0.6 is 0 Å². The van der Waals surface area contributed by atoms with Crippen molar-refractivity contribution >= 4 is 34.4 Å². The molecule has 1 atom stereocenters. The summed E-state index contributed by atoms with van der Waals surface area (Å²) in [5.41, 5.74) is 1.80. The van der Waals surface area contributed by atoms with Gasteiger partial charge in [-0.2, -0.15) is 0 Å². The molecule has 2 heterocycles. The fraction of sp³-hybridized carbons (Fsp3) is 0.217. The summed E-state index contributed by atoms with van der Waals surface area (Å²) in [6.07, 6.45) is 2.35. The maximum Gasteiger partial charge on any atom is 0.337 e. The molecule has 4 rings (SSSR count). The fourth-order valence-corrected chi connectivity index (χ4v) is 3.95. The molecule has 0 saturated carbocycles. The Balaban J connectivity index is 1.77. The summed E-state index contributed by atoms with van der Waals surface area (Å²) >= 11 is 0. The number of nitrogens with one attached hydrogen (secondary N) is 1. The number of amides is 1. The van der Waals surface area contributed by atoms with Crippen molar-refractivity contribution in [3.05, 3.63) is 75.1 Å². The number of para-hydroxylation sites is 1. The van der Waals surface area contributed by atoms with Crippen molar-refractivity contribution in [3.63, 3.8) is 0 Å². The van der Waals surface area contributed by atoms with Crippen LogP contribution in [0.25, 0.3) is 10.9 Å². The molecule has 1 amide bonds. The average molecular weight is 420 g/mol. The second kappa shape index (κ2) is 7.71. The summed E-state index contributed by atoms with van der Waals surface area (Å²) in [5, 5.41) is 3.10. The lowest BCUT2D eigenvalue weighted by molar-refractivity contribution is 0.0599. The summed E-state index contributed by atoms with van der Waals surface area (Å²) in [6.45, 7) is 2.02. The highest BCUT2D eigenvalue weighted by atomic mass is 16.5. The molecule has 1 aromatic heterocycles. The normalized spacial score (nSPS) is 14.4. The van der Waals surface area contributed by atoms with Crippen LogP contribution in [0.15, 0.2) is 47.4 Å². The first-order valence-corrected chi connectivity index (χ1v) is 9.64. The maximum absolute atomic E-state index is 13.0. The van der Waals surface area contributed by atoms with Gasteiger partial charge in [0.15, 0.2) is 0 Å². The fourth-order valence-electron chi connectivity index (χ4n) is 3.95. The van der Waals surface area contributed by atoms with Crippen LogP contribution in [0.1, 0.15) is 49.6 Å². The number of pyridine rings is 1. The van der Waals surface area contributed by atoms with Crippen LogP contribution < -0.4 is 10.7 Å². The average Bonchev–Trinajstić information content (AvgIpc) is 3.10. The van der Waals surface area contributed by atoms with Crippen molar-refractivity contribution in [2.24, 2.45) is 0 Å². The van der Waals surface area contributed by atoms with Gasteiger partial charge in [0.1, 0.15) is 5.56 Å². The highest BCUT2D eigenvalue weighted by Gasteiger charge is 2.25. The first-order chi connectivity index (χ1) is 14.8. The molecule has 0 aliphatic carbocycles. The van der Waals surface area contributed by atoms with E-state index in [2.05, 4.69) is 5.32 Å². The summed E-state index contributed by atoms with van der Waals surface area (Å²) in [4.78, 5) is 50.0. The zero-order valence-electron chi connectivity index (χ0n) is 17.2. The van der Waals surface area contributed by atoms with Gasteiger partial charge in [-0.15, -0.1) is 0 Å². The van der Waals surface area contributed by atoms with Gasteiger partial charge >= 0.3 is 11.9 Å². The number of carbonyl (C=O) groups is 3. The monoisotopic (exact) mass is 420 g/mol. The lowest BCUT2D eigenvalue weighted by Crippen LogP contribution is -2.24. The van der Waals surface area contributed by atoms with Crippen molar-refractivity contribution in [2.75, 3.05) is 19.5 Å². The van der Waals surface area contributed by atoms with Crippen LogP contribution in [0.4, 0.5) is 5.69 Å². The van der Waals surface area contributed by atoms with Gasteiger partial charge in [-0.1, -0.05) is 12.1 Å². The topological polar surface area (TPSA) is 104 Å². The van der Waals surface area contributed by atoms with E-state index in [-0.39, 0.29) is 33.8 Å². The van der Waals surface area contributed by atoms with E-state index in [1.165, 1.54) is 32.4 Å². The van der Waals surface area contributed by atoms with Crippen LogP contribution in [-0.2, 0) is 15.9 Å². The number of benzene rings is 2. The van der Waals surface area contributed by atoms with Crippen LogP contribution in [0.5, 0.6) is 0 Å². The molecule has 2 aromatic carbocycles. The highest BCUT2D eigenvalue weighted by Crippen LogP contribution is 2.31. The zero-order valence-corrected chi connectivity index (χ0v) is 17.2. The molecule has 0 saturated heterocycles. The molecule has 0 spiro atoms. The number of carbonyl (C=O) groups excluding carboxylic acids is 3. The predicted molar refractivity (Wildman–Crippen MR) is 114 cm³/mol. The SMILES string of the molecule is COC(=O)c1cc(NC(=O)c2cn3c4c(cccc4c2=O)C[C@@H]3C)cc(C(=O)OC)c1. The van der Waals surface area contributed by atoms with Gasteiger partial charge in [0.2, 0.25) is 5.43 Å². The van der Waals surface area contributed by atoms with Gasteiger partial charge in [0.25, 0.3) is 5.91 Å². The molecule has 0 unspecified atom stereocenters. The maximum atomic E-state index is 13.0. The minimum absolute atomic E-state index is 0.0264. The third-order valence-corrected chi connectivity index (χ3v) is 5.40. The summed E-state index contributed by atoms with van der Waals surface area (Å²) in [5.74, 6) is -2.00. The van der Waals surface area contributed by atoms with E-state index >= 15 is 0 Å². The van der Waals surface area contributed by atoms with E-state index in [1.54, 1.807) is 12.3 Å². The molecule has 31 heavy (non-hydrogen) atoms. The summed E-state index contributed by atoms with van der Waals surface area (Å²) < 4.78 is 11.4. The second-order valence-corrected chi connectivity index (χ2v) is 7.38. The molecular formula is C23H20N2O6. The molecule has 0 radical (unpaired) electrons. The molecule has 0 bridgehead atoms. The van der Waals surface area contributed by atoms with E-state index in [9.17, 15) is 19.2 Å². The Morgan fingerprint density at radius 2 is 1.68 bits per heavy atom. The Morgan fingerprint density at radius 3 is 2.29 bits per heavy atom. The number of hydrogen-bond acceptors (Lipinski definition) is 6. The van der Waals surface area contributed by atoms with Gasteiger partial charge in [0, 0.05) is 23.3 Å². The first-order valence-electron chi connectivity index (χ1n) is 9.64. The Bertz CT molecular complexity index is 1270. The molecule has 0 fully saturated rings. The van der Waals surface area contributed by atoms with E-state index in [0.29, 0.717) is 5.39 Å². The molecule has 1 N–H and O–H groups in total. The third-order valence-electron chi connectivity index (χ3n) is 5.40. The van der Waals surface area contributed by atoms with Crippen molar-refractivity contribution in [2.45, 2.75) is 19.4 Å². The number of anilines is 1. The number of ether oxygens (including phenoxy) is 2. The third kappa shape index (κ3) is 3.46. The van der Waals surface area contributed by atoms with E-state index < -0.39 is 17.8 Å². The molecular weight excluding hydrogens is 400 g/mol. The van der Waals surface area contributed by atoms with Gasteiger partial charge in [-0.05, 0) is 43.2 Å². The van der Waals surface area contributed by atoms with E-state index in [4.69, 9.17) is 9.47 Å². The quantitative estimate of drug-likeness (QED) is 0.651. The van der Waals surface area contributed by atoms with Crippen molar-refractivity contribution in [1.29, 1.82) is 0 Å². The van der Waals surface area contributed by atoms with Crippen LogP contribution in [0.3, 0.4) is 0 Å². The van der Waals surface area contributed by atoms with Crippen molar-refractivity contribution in [1.82, 2.24) is 4.57 Å². The summed E-state index contributed by atoms with van der Waals surface area (Å²) in [7, 11) is 2.42. The largest absolute Gasteiger partial charge is 0.465 e. The van der Waals surface area contributed by atoms with Gasteiger partial charge < -0.3 is 19.4 Å². The Labute approximate surface area is 177 Å². The molecule has 1 aliphatic heterocycles. The van der Waals surface area contributed by atoms with Gasteiger partial charge in [-0.25, -0.2) is 9.59 Å². The molecule has 8 nitrogen and oxygen atoms in total. The Kier molecular flexibility index (Phi) is 5.06. The molecule has 3 aromatic rings. The lowest BCUT2D eigenvalue weighted by atomic mass is 10.1. The second-order valence-electron chi connectivity index (χ2n) is 7.38. The minimum atomic E-state index is -0.679. The summed E-state index contributed by atoms with van der Waals surface area (Å²) in [6, 6.07) is 9.66. The first kappa shape index (κ1) is 20.3. The Hall–Kier alpha value is -3.94. The van der Waals surface area contributed by atoms with Crippen LogP contribution in [0.2, 0.25) is 0 Å². The van der Waals surface area contributed by atoms with E-state index in [1.807, 2.05) is 23.6 Å². The Morgan fingerprint density at radius 1 is 1.03 bits per heavy atom. The van der Waals surface area contributed by atoms with Crippen LogP contribution in [-0.4, -0.2) is 36.6 Å². The number of methoxy groups -OCH3 is 2. The van der Waals surface area contributed by atoms with Crippen molar-refractivity contribution in [3.8, 4) is 0 Å². The van der Waals surface area contributed by atoms with Gasteiger partial charge in [0.05, 0.1) is 30.9 Å². The standard InChI is InChI=1S/C23H20N2O6/c1-12-7-13-5-4-6-17-19(13)25(12)11-18(20(17)26)21(27)24-16-9-14(22(28)30-2)8-15(10-16)23(29)31-3/h4-6,8-12H,7H2,1-3H3,(H,24,27)/t12-/m0/s1. The predicted octanol–water partition coefficient (Wildman–Crippen LogP) is 2.94. The smallest absolute Gasteiger partial charge is 0.337 e. The number of aromatic nitrogens is 1. The number of rotatable bonds is 4. The van der Waals surface area contributed by atoms with Gasteiger partial charge in [-0.3, -0.25) is 9.59 Å². The van der Waals surface area contributed by atoms with Crippen molar-refractivity contribution < 1.29 is 23.9 Å². The van der Waals surface area contributed by atoms with E-state index in [0.717, 1.165) is 17.5 Å². The minimum Gasteiger partial charge on any atom is -0.465 e. The number of hydrogen-bond donors (Lipinski definition) is 1. The molecule has 158 valence electrons. The number of nitrogens with zero attached hydrogens (tertiary/aromatic N) is 1. The highest BCUT2D eigenvalue weighted by molar-refractivity contribution is 6.07. The zero-order chi connectivity index (χ0) is 22.3. The molecule has 1 aliphatic rings. The lowest BCUT2D eigenvalue weighted by Gasteiger charge is -2.13. The number of esters is 2.